The fourth-order valence-electron chi connectivity index (χ4n) is 2.29. The fraction of sp³-hybridized carbons (Fsp3) is 0.211. The lowest BCUT2D eigenvalue weighted by Gasteiger charge is -2.11. The Bertz CT molecular complexity index is 815. The first kappa shape index (κ1) is 18.2. The highest BCUT2D eigenvalue weighted by molar-refractivity contribution is 6.44. The van der Waals surface area contributed by atoms with Crippen molar-refractivity contribution in [2.24, 2.45) is 0 Å². The van der Waals surface area contributed by atoms with Gasteiger partial charge in [0.1, 0.15) is 0 Å². The molecule has 6 nitrogen and oxygen atoms in total. The first-order valence-corrected chi connectivity index (χ1v) is 7.88. The van der Waals surface area contributed by atoms with Crippen LogP contribution in [0, 0.1) is 13.8 Å². The third-order valence-electron chi connectivity index (χ3n) is 3.51. The molecule has 0 radical (unpaired) electrons. The van der Waals surface area contributed by atoms with Crippen LogP contribution in [0.4, 0.5) is 11.4 Å². The van der Waals surface area contributed by atoms with Crippen molar-refractivity contribution in [1.29, 1.82) is 0 Å². The largest absolute Gasteiger partial charge is 0.462 e. The number of hydrogen-bond acceptors (Lipinski definition) is 4. The average Bonchev–Trinajstić information content (AvgIpc) is 2.58. The minimum atomic E-state index is -0.864. The Kier molecular flexibility index (Phi) is 5.89. The molecule has 130 valence electrons. The molecule has 2 rings (SSSR count). The van der Waals surface area contributed by atoms with Gasteiger partial charge in [0.05, 0.1) is 17.9 Å². The lowest BCUT2D eigenvalue weighted by atomic mass is 10.1. The second-order valence-corrected chi connectivity index (χ2v) is 5.49. The zero-order chi connectivity index (χ0) is 18.4. The molecule has 2 amide bonds. The molecule has 6 heteroatoms. The Labute approximate surface area is 146 Å². The van der Waals surface area contributed by atoms with Crippen LogP contribution in [0.3, 0.4) is 0 Å². The SMILES string of the molecule is CCOC(=O)c1ccccc1NC(=O)C(=O)Nc1ccc(C)cc1C. The van der Waals surface area contributed by atoms with Gasteiger partial charge < -0.3 is 15.4 Å². The van der Waals surface area contributed by atoms with Gasteiger partial charge in [-0.15, -0.1) is 0 Å². The number of aryl methyl sites for hydroxylation is 2. The highest BCUT2D eigenvalue weighted by Gasteiger charge is 2.19. The van der Waals surface area contributed by atoms with E-state index in [4.69, 9.17) is 4.74 Å². The van der Waals surface area contributed by atoms with Crippen LogP contribution in [0.5, 0.6) is 0 Å². The maximum absolute atomic E-state index is 12.2. The van der Waals surface area contributed by atoms with E-state index in [2.05, 4.69) is 10.6 Å². The van der Waals surface area contributed by atoms with Gasteiger partial charge >= 0.3 is 17.8 Å². The monoisotopic (exact) mass is 340 g/mol. The number of amides is 2. The molecule has 0 heterocycles. The van der Waals surface area contributed by atoms with Gasteiger partial charge in [-0.3, -0.25) is 9.59 Å². The van der Waals surface area contributed by atoms with Crippen molar-refractivity contribution >= 4 is 29.2 Å². The number of nitrogens with one attached hydrogen (secondary N) is 2. The third kappa shape index (κ3) is 4.67. The molecular formula is C19H20N2O4. The first-order valence-electron chi connectivity index (χ1n) is 7.88. The molecule has 25 heavy (non-hydrogen) atoms. The number of carbonyl (C=O) groups is 3. The minimum absolute atomic E-state index is 0.192. The van der Waals surface area contributed by atoms with Crippen LogP contribution >= 0.6 is 0 Å². The van der Waals surface area contributed by atoms with Crippen LogP contribution in [0.2, 0.25) is 0 Å². The van der Waals surface area contributed by atoms with E-state index in [1.165, 1.54) is 12.1 Å². The van der Waals surface area contributed by atoms with Gasteiger partial charge in [0.2, 0.25) is 0 Å². The summed E-state index contributed by atoms with van der Waals surface area (Å²) in [6.07, 6.45) is 0. The van der Waals surface area contributed by atoms with Crippen molar-refractivity contribution in [1.82, 2.24) is 0 Å². The average molecular weight is 340 g/mol. The molecule has 0 unspecified atom stereocenters. The van der Waals surface area contributed by atoms with E-state index >= 15 is 0 Å². The molecule has 0 spiro atoms. The van der Waals surface area contributed by atoms with Gasteiger partial charge in [0, 0.05) is 5.69 Å². The number of ether oxygens (including phenoxy) is 1. The lowest BCUT2D eigenvalue weighted by Crippen LogP contribution is -2.30. The Balaban J connectivity index is 2.11. The normalized spacial score (nSPS) is 10.0. The van der Waals surface area contributed by atoms with E-state index in [9.17, 15) is 14.4 Å². The summed E-state index contributed by atoms with van der Waals surface area (Å²) >= 11 is 0. The number of esters is 1. The van der Waals surface area contributed by atoms with Crippen LogP contribution in [-0.4, -0.2) is 24.4 Å². The number of carbonyl (C=O) groups excluding carboxylic acids is 3. The van der Waals surface area contributed by atoms with Crippen molar-refractivity contribution in [2.45, 2.75) is 20.8 Å². The van der Waals surface area contributed by atoms with E-state index in [1.54, 1.807) is 25.1 Å². The van der Waals surface area contributed by atoms with Crippen LogP contribution in [0.25, 0.3) is 0 Å². The third-order valence-corrected chi connectivity index (χ3v) is 3.51. The molecule has 0 atom stereocenters. The van der Waals surface area contributed by atoms with Crippen LogP contribution in [0.1, 0.15) is 28.4 Å². The van der Waals surface area contributed by atoms with Gasteiger partial charge in [-0.25, -0.2) is 4.79 Å². The summed E-state index contributed by atoms with van der Waals surface area (Å²) in [6, 6.07) is 11.9. The van der Waals surface area contributed by atoms with Crippen LogP contribution < -0.4 is 10.6 Å². The topological polar surface area (TPSA) is 84.5 Å². The quantitative estimate of drug-likeness (QED) is 0.662. The van der Waals surface area contributed by atoms with Crippen molar-refractivity contribution < 1.29 is 19.1 Å². The molecule has 2 N–H and O–H groups in total. The predicted octanol–water partition coefficient (Wildman–Crippen LogP) is 3.06. The van der Waals surface area contributed by atoms with E-state index < -0.39 is 17.8 Å². The lowest BCUT2D eigenvalue weighted by molar-refractivity contribution is -0.133. The molecule has 0 aliphatic carbocycles. The first-order chi connectivity index (χ1) is 11.9. The van der Waals surface area contributed by atoms with E-state index in [1.807, 2.05) is 26.0 Å². The Morgan fingerprint density at radius 2 is 1.56 bits per heavy atom. The minimum Gasteiger partial charge on any atom is -0.462 e. The standard InChI is InChI=1S/C19H20N2O4/c1-4-25-19(24)14-7-5-6-8-16(14)21-18(23)17(22)20-15-10-9-12(2)11-13(15)3/h5-11H,4H2,1-3H3,(H,20,22)(H,21,23). The smallest absolute Gasteiger partial charge is 0.340 e. The van der Waals surface area contributed by atoms with Gasteiger partial charge in [0.15, 0.2) is 0 Å². The number of anilines is 2. The summed E-state index contributed by atoms with van der Waals surface area (Å²) < 4.78 is 4.94. The van der Waals surface area contributed by atoms with Crippen molar-refractivity contribution in [3.8, 4) is 0 Å². The molecule has 0 fully saturated rings. The van der Waals surface area contributed by atoms with Gasteiger partial charge in [0.25, 0.3) is 0 Å². The van der Waals surface area contributed by atoms with Crippen molar-refractivity contribution in [3.05, 3.63) is 59.2 Å². The zero-order valence-corrected chi connectivity index (χ0v) is 14.4. The van der Waals surface area contributed by atoms with E-state index in [0.717, 1.165) is 11.1 Å². The summed E-state index contributed by atoms with van der Waals surface area (Å²) in [6.45, 7) is 5.69. The summed E-state index contributed by atoms with van der Waals surface area (Å²) in [5.74, 6) is -2.24. The molecule has 2 aromatic rings. The fourth-order valence-corrected chi connectivity index (χ4v) is 2.29. The number of hydrogen-bond donors (Lipinski definition) is 2. The zero-order valence-electron chi connectivity index (χ0n) is 14.4. The highest BCUT2D eigenvalue weighted by Crippen LogP contribution is 2.18. The molecule has 0 aliphatic rings. The molecule has 2 aromatic carbocycles. The molecule has 0 saturated heterocycles. The van der Waals surface area contributed by atoms with Crippen molar-refractivity contribution in [2.75, 3.05) is 17.2 Å². The van der Waals surface area contributed by atoms with Gasteiger partial charge in [-0.1, -0.05) is 29.8 Å². The van der Waals surface area contributed by atoms with Gasteiger partial charge in [-0.2, -0.15) is 0 Å². The number of para-hydroxylation sites is 1. The molecule has 0 aliphatic heterocycles. The van der Waals surface area contributed by atoms with Gasteiger partial charge in [-0.05, 0) is 44.5 Å². The summed E-state index contributed by atoms with van der Waals surface area (Å²) in [7, 11) is 0. The summed E-state index contributed by atoms with van der Waals surface area (Å²) in [5, 5.41) is 5.01. The number of benzene rings is 2. The van der Waals surface area contributed by atoms with Crippen LogP contribution in [0.15, 0.2) is 42.5 Å². The van der Waals surface area contributed by atoms with E-state index in [-0.39, 0.29) is 17.9 Å². The number of rotatable bonds is 4. The summed E-state index contributed by atoms with van der Waals surface area (Å²) in [4.78, 5) is 36.2. The van der Waals surface area contributed by atoms with E-state index in [0.29, 0.717) is 5.69 Å². The van der Waals surface area contributed by atoms with Crippen molar-refractivity contribution in [3.63, 3.8) is 0 Å². The Morgan fingerprint density at radius 1 is 0.920 bits per heavy atom. The molecule has 0 bridgehead atoms. The summed E-state index contributed by atoms with van der Waals surface area (Å²) in [5.41, 5.74) is 2.89. The molecular weight excluding hydrogens is 320 g/mol. The maximum Gasteiger partial charge on any atom is 0.340 e. The molecule has 0 saturated carbocycles. The second kappa shape index (κ2) is 8.10. The van der Waals surface area contributed by atoms with Crippen LogP contribution in [-0.2, 0) is 14.3 Å². The highest BCUT2D eigenvalue weighted by atomic mass is 16.5. The maximum atomic E-state index is 12.2. The Morgan fingerprint density at radius 3 is 2.20 bits per heavy atom. The molecule has 0 aromatic heterocycles. The Hall–Kier alpha value is -3.15. The predicted molar refractivity (Wildman–Crippen MR) is 95.6 cm³/mol. The second-order valence-electron chi connectivity index (χ2n) is 5.49.